The highest BCUT2D eigenvalue weighted by molar-refractivity contribution is 9.10. The Balaban J connectivity index is 1.90. The van der Waals surface area contributed by atoms with Crippen LogP contribution in [-0.4, -0.2) is 12.6 Å². The van der Waals surface area contributed by atoms with Crippen LogP contribution in [0, 0.1) is 5.92 Å². The van der Waals surface area contributed by atoms with Gasteiger partial charge in [-0.2, -0.15) is 0 Å². The lowest BCUT2D eigenvalue weighted by Crippen LogP contribution is -2.34. The molecule has 0 radical (unpaired) electrons. The zero-order valence-electron chi connectivity index (χ0n) is 10.6. The standard InChI is InChI=1S/C15H22BrN/c1-2-17-15-8-4-6-13(11-15)9-12-5-3-7-14(16)10-12/h3,5,7,10,13,15,17H,2,4,6,8-9,11H2,1H3. The summed E-state index contributed by atoms with van der Waals surface area (Å²) in [5.41, 5.74) is 1.47. The molecular formula is C15H22BrN. The summed E-state index contributed by atoms with van der Waals surface area (Å²) in [6.07, 6.45) is 6.73. The summed E-state index contributed by atoms with van der Waals surface area (Å²) in [4.78, 5) is 0. The maximum Gasteiger partial charge on any atom is 0.0177 e. The first-order valence-corrected chi connectivity index (χ1v) is 7.55. The molecule has 2 heteroatoms. The van der Waals surface area contributed by atoms with Crippen LogP contribution in [-0.2, 0) is 6.42 Å². The Morgan fingerprint density at radius 3 is 3.00 bits per heavy atom. The van der Waals surface area contributed by atoms with Gasteiger partial charge in [0.1, 0.15) is 0 Å². The number of hydrogen-bond acceptors (Lipinski definition) is 1. The van der Waals surface area contributed by atoms with Gasteiger partial charge in [0.05, 0.1) is 0 Å². The molecule has 0 amide bonds. The Labute approximate surface area is 113 Å². The molecule has 1 aliphatic rings. The molecule has 1 aliphatic carbocycles. The van der Waals surface area contributed by atoms with Gasteiger partial charge in [-0.15, -0.1) is 0 Å². The van der Waals surface area contributed by atoms with Crippen LogP contribution in [0.25, 0.3) is 0 Å². The van der Waals surface area contributed by atoms with Crippen molar-refractivity contribution < 1.29 is 0 Å². The van der Waals surface area contributed by atoms with Crippen molar-refractivity contribution >= 4 is 15.9 Å². The lowest BCUT2D eigenvalue weighted by molar-refractivity contribution is 0.287. The first kappa shape index (κ1) is 13.1. The number of nitrogens with one attached hydrogen (secondary N) is 1. The molecule has 2 atom stereocenters. The highest BCUT2D eigenvalue weighted by Gasteiger charge is 2.21. The van der Waals surface area contributed by atoms with E-state index in [1.165, 1.54) is 42.1 Å². The smallest absolute Gasteiger partial charge is 0.0177 e. The van der Waals surface area contributed by atoms with Gasteiger partial charge in [0.25, 0.3) is 0 Å². The van der Waals surface area contributed by atoms with E-state index in [0.717, 1.165) is 18.5 Å². The van der Waals surface area contributed by atoms with Gasteiger partial charge in [-0.25, -0.2) is 0 Å². The van der Waals surface area contributed by atoms with E-state index in [9.17, 15) is 0 Å². The van der Waals surface area contributed by atoms with Crippen LogP contribution >= 0.6 is 15.9 Å². The summed E-state index contributed by atoms with van der Waals surface area (Å²) in [5.74, 6) is 0.863. The highest BCUT2D eigenvalue weighted by atomic mass is 79.9. The summed E-state index contributed by atoms with van der Waals surface area (Å²) in [6.45, 7) is 3.31. The molecule has 1 fully saturated rings. The average molecular weight is 296 g/mol. The van der Waals surface area contributed by atoms with Crippen molar-refractivity contribution in [2.24, 2.45) is 5.92 Å². The normalized spacial score (nSPS) is 24.8. The lowest BCUT2D eigenvalue weighted by Gasteiger charge is -2.29. The molecule has 1 N–H and O–H groups in total. The van der Waals surface area contributed by atoms with Crippen LogP contribution in [0.3, 0.4) is 0 Å². The van der Waals surface area contributed by atoms with Crippen molar-refractivity contribution in [1.29, 1.82) is 0 Å². The van der Waals surface area contributed by atoms with Gasteiger partial charge in [-0.3, -0.25) is 0 Å². The van der Waals surface area contributed by atoms with Gasteiger partial charge < -0.3 is 5.32 Å². The first-order chi connectivity index (χ1) is 8.28. The van der Waals surface area contributed by atoms with E-state index in [1.54, 1.807) is 0 Å². The third-order valence-corrected chi connectivity index (χ3v) is 4.18. The van der Waals surface area contributed by atoms with Crippen LogP contribution in [0.4, 0.5) is 0 Å². The van der Waals surface area contributed by atoms with E-state index in [4.69, 9.17) is 0 Å². The molecule has 2 rings (SSSR count). The second-order valence-corrected chi connectivity index (χ2v) is 6.04. The maximum absolute atomic E-state index is 3.60. The molecule has 94 valence electrons. The fourth-order valence-corrected chi connectivity index (χ4v) is 3.39. The average Bonchev–Trinajstić information content (AvgIpc) is 2.30. The van der Waals surface area contributed by atoms with Gasteiger partial charge >= 0.3 is 0 Å². The van der Waals surface area contributed by atoms with E-state index in [0.29, 0.717) is 0 Å². The summed E-state index contributed by atoms with van der Waals surface area (Å²) in [6, 6.07) is 9.51. The molecule has 1 aromatic carbocycles. The number of rotatable bonds is 4. The summed E-state index contributed by atoms with van der Waals surface area (Å²) < 4.78 is 1.20. The summed E-state index contributed by atoms with van der Waals surface area (Å²) >= 11 is 3.55. The van der Waals surface area contributed by atoms with E-state index < -0.39 is 0 Å². The minimum absolute atomic E-state index is 0.755. The maximum atomic E-state index is 3.60. The Morgan fingerprint density at radius 2 is 2.24 bits per heavy atom. The van der Waals surface area contributed by atoms with Crippen molar-refractivity contribution in [1.82, 2.24) is 5.32 Å². The van der Waals surface area contributed by atoms with Crippen molar-refractivity contribution in [3.05, 3.63) is 34.3 Å². The Kier molecular flexibility index (Phi) is 5.05. The van der Waals surface area contributed by atoms with Crippen LogP contribution in [0.15, 0.2) is 28.7 Å². The van der Waals surface area contributed by atoms with Gasteiger partial charge in [-0.05, 0) is 49.4 Å². The second kappa shape index (κ2) is 6.55. The second-order valence-electron chi connectivity index (χ2n) is 5.12. The van der Waals surface area contributed by atoms with Crippen molar-refractivity contribution in [3.63, 3.8) is 0 Å². The topological polar surface area (TPSA) is 12.0 Å². The van der Waals surface area contributed by atoms with Crippen LogP contribution in [0.5, 0.6) is 0 Å². The van der Waals surface area contributed by atoms with Gasteiger partial charge in [0.2, 0.25) is 0 Å². The van der Waals surface area contributed by atoms with Crippen molar-refractivity contribution in [2.75, 3.05) is 6.54 Å². The van der Waals surface area contributed by atoms with Gasteiger partial charge in [-0.1, -0.05) is 47.8 Å². The summed E-state index contributed by atoms with van der Waals surface area (Å²) in [7, 11) is 0. The zero-order valence-corrected chi connectivity index (χ0v) is 12.2. The highest BCUT2D eigenvalue weighted by Crippen LogP contribution is 2.28. The SMILES string of the molecule is CCNC1CCCC(Cc2cccc(Br)c2)C1. The van der Waals surface area contributed by atoms with E-state index >= 15 is 0 Å². The minimum Gasteiger partial charge on any atom is -0.314 e. The molecule has 0 heterocycles. The third-order valence-electron chi connectivity index (χ3n) is 3.69. The third kappa shape index (κ3) is 4.11. The molecular weight excluding hydrogens is 274 g/mol. The van der Waals surface area contributed by atoms with E-state index in [1.807, 2.05) is 0 Å². The molecule has 1 nitrogen and oxygen atoms in total. The van der Waals surface area contributed by atoms with E-state index in [2.05, 4.69) is 52.4 Å². The Morgan fingerprint density at radius 1 is 1.35 bits per heavy atom. The fourth-order valence-electron chi connectivity index (χ4n) is 2.95. The van der Waals surface area contributed by atoms with Gasteiger partial charge in [0.15, 0.2) is 0 Å². The van der Waals surface area contributed by atoms with Crippen LogP contribution < -0.4 is 5.32 Å². The minimum atomic E-state index is 0.755. The number of halogens is 1. The Bertz CT molecular complexity index is 349. The number of benzene rings is 1. The molecule has 0 aromatic heterocycles. The largest absolute Gasteiger partial charge is 0.314 e. The van der Waals surface area contributed by atoms with Gasteiger partial charge in [0, 0.05) is 10.5 Å². The van der Waals surface area contributed by atoms with Crippen LogP contribution in [0.2, 0.25) is 0 Å². The molecule has 0 bridgehead atoms. The molecule has 1 saturated carbocycles. The molecule has 1 aromatic rings. The molecule has 2 unspecified atom stereocenters. The van der Waals surface area contributed by atoms with Crippen LogP contribution in [0.1, 0.15) is 38.2 Å². The molecule has 0 aliphatic heterocycles. The molecule has 0 saturated heterocycles. The molecule has 0 spiro atoms. The quantitative estimate of drug-likeness (QED) is 0.879. The lowest BCUT2D eigenvalue weighted by atomic mass is 9.82. The van der Waals surface area contributed by atoms with Crippen molar-refractivity contribution in [2.45, 2.75) is 45.1 Å². The predicted octanol–water partition coefficient (Wildman–Crippen LogP) is 4.16. The number of hydrogen-bond donors (Lipinski definition) is 1. The fraction of sp³-hybridized carbons (Fsp3) is 0.600. The predicted molar refractivity (Wildman–Crippen MR) is 77.3 cm³/mol. The summed E-state index contributed by atoms with van der Waals surface area (Å²) in [5, 5.41) is 3.60. The monoisotopic (exact) mass is 295 g/mol. The Hall–Kier alpha value is -0.340. The zero-order chi connectivity index (χ0) is 12.1. The first-order valence-electron chi connectivity index (χ1n) is 6.75. The molecule has 17 heavy (non-hydrogen) atoms. The van der Waals surface area contributed by atoms with E-state index in [-0.39, 0.29) is 0 Å². The van der Waals surface area contributed by atoms with Crippen molar-refractivity contribution in [3.8, 4) is 0 Å².